The number of nitrogens with zero attached hydrogens (tertiary/aromatic N) is 4. The van der Waals surface area contributed by atoms with Crippen LogP contribution in [0, 0.1) is 0 Å². The number of alkyl halides is 6. The van der Waals surface area contributed by atoms with Crippen molar-refractivity contribution < 1.29 is 45.4 Å². The lowest BCUT2D eigenvalue weighted by Crippen LogP contribution is -2.50. The number of nitrogen functional groups attached to an aromatic ring is 1. The topological polar surface area (TPSA) is 128 Å². The van der Waals surface area contributed by atoms with Crippen molar-refractivity contribution >= 4 is 17.4 Å². The second-order valence-electron chi connectivity index (χ2n) is 8.10. The molecule has 0 aromatic carbocycles. The van der Waals surface area contributed by atoms with Gasteiger partial charge in [0.1, 0.15) is 18.0 Å². The van der Waals surface area contributed by atoms with E-state index in [0.29, 0.717) is 6.07 Å². The van der Waals surface area contributed by atoms with Gasteiger partial charge < -0.3 is 20.0 Å². The van der Waals surface area contributed by atoms with Gasteiger partial charge in [0.05, 0.1) is 18.3 Å². The van der Waals surface area contributed by atoms with Gasteiger partial charge in [-0.25, -0.2) is 4.98 Å². The summed E-state index contributed by atoms with van der Waals surface area (Å²) in [5.41, 5.74) is -0.235. The monoisotopic (exact) mass is 495 g/mol. The van der Waals surface area contributed by atoms with E-state index in [1.54, 1.807) is 0 Å². The predicted molar refractivity (Wildman–Crippen MR) is 102 cm³/mol. The Morgan fingerprint density at radius 2 is 1.88 bits per heavy atom. The van der Waals surface area contributed by atoms with Crippen LogP contribution < -0.4 is 10.6 Å². The molecule has 4 bridgehead atoms. The van der Waals surface area contributed by atoms with Crippen LogP contribution in [0.5, 0.6) is 0 Å². The molecule has 0 aliphatic carbocycles. The van der Waals surface area contributed by atoms with E-state index in [2.05, 4.69) is 15.2 Å². The molecule has 0 saturated carbocycles. The van der Waals surface area contributed by atoms with Gasteiger partial charge in [0.2, 0.25) is 5.60 Å². The molecule has 1 amide bonds. The fourth-order valence-corrected chi connectivity index (χ4v) is 4.01. The first-order valence-electron chi connectivity index (χ1n) is 10.2. The number of hydrogen-bond donors (Lipinski definition) is 2. The smallest absolute Gasteiger partial charge is 0.416 e. The van der Waals surface area contributed by atoms with Crippen LogP contribution in [0.4, 0.5) is 37.8 Å². The summed E-state index contributed by atoms with van der Waals surface area (Å²) in [5, 5.41) is 17.1. The Morgan fingerprint density at radius 1 is 1.15 bits per heavy atom. The number of aliphatic hydroxyl groups is 1. The van der Waals surface area contributed by atoms with Crippen molar-refractivity contribution in [1.29, 1.82) is 0 Å². The van der Waals surface area contributed by atoms with Crippen molar-refractivity contribution in [3.63, 3.8) is 0 Å². The molecule has 0 radical (unpaired) electrons. The molecule has 9 nitrogen and oxygen atoms in total. The highest BCUT2D eigenvalue weighted by molar-refractivity contribution is 5.96. The van der Waals surface area contributed by atoms with E-state index in [0.717, 1.165) is 4.90 Å². The van der Waals surface area contributed by atoms with Crippen LogP contribution in [0.1, 0.15) is 43.6 Å². The molecular weight excluding hydrogens is 476 g/mol. The van der Waals surface area contributed by atoms with E-state index >= 15 is 0 Å². The van der Waals surface area contributed by atoms with Crippen LogP contribution in [0.25, 0.3) is 11.6 Å². The Labute approximate surface area is 187 Å². The maximum atomic E-state index is 13.9. The maximum Gasteiger partial charge on any atom is 0.426 e. The molecule has 34 heavy (non-hydrogen) atoms. The lowest BCUT2D eigenvalue weighted by Gasteiger charge is -2.36. The van der Waals surface area contributed by atoms with Crippen LogP contribution in [0.3, 0.4) is 0 Å². The first-order chi connectivity index (χ1) is 15.8. The van der Waals surface area contributed by atoms with Crippen LogP contribution in [-0.4, -0.2) is 51.6 Å². The van der Waals surface area contributed by atoms with Crippen LogP contribution in [-0.2, 0) is 21.3 Å². The summed E-state index contributed by atoms with van der Waals surface area (Å²) in [7, 11) is 0. The van der Waals surface area contributed by atoms with E-state index in [1.165, 1.54) is 0 Å². The number of ether oxygens (including phenoxy) is 1. The zero-order chi connectivity index (χ0) is 24.9. The first-order valence-corrected chi connectivity index (χ1v) is 10.2. The van der Waals surface area contributed by atoms with Crippen LogP contribution in [0.2, 0.25) is 0 Å². The van der Waals surface area contributed by atoms with Crippen LogP contribution in [0.15, 0.2) is 10.5 Å². The van der Waals surface area contributed by atoms with Crippen molar-refractivity contribution in [3.05, 3.63) is 17.5 Å². The number of carbonyl (C=O) groups is 1. The van der Waals surface area contributed by atoms with Gasteiger partial charge in [-0.1, -0.05) is 12.8 Å². The van der Waals surface area contributed by atoms with Gasteiger partial charge in [0.15, 0.2) is 5.69 Å². The quantitative estimate of drug-likeness (QED) is 0.534. The first kappa shape index (κ1) is 24.2. The molecule has 2 aromatic heterocycles. The Kier molecular flexibility index (Phi) is 5.96. The van der Waals surface area contributed by atoms with Crippen molar-refractivity contribution in [3.8, 4) is 11.6 Å². The molecular formula is C19H19F6N5O4. The number of rotatable bonds is 0. The molecule has 3 N–H and O–H groups in total. The van der Waals surface area contributed by atoms with E-state index in [-0.39, 0.29) is 32.3 Å². The number of fused-ring (bicyclic) bond motifs is 7. The zero-order valence-electron chi connectivity index (χ0n) is 17.4. The minimum absolute atomic E-state index is 0.0956. The van der Waals surface area contributed by atoms with E-state index in [9.17, 15) is 36.2 Å². The highest BCUT2D eigenvalue weighted by Gasteiger charge is 2.58. The lowest BCUT2D eigenvalue weighted by molar-refractivity contribution is -0.277. The summed E-state index contributed by atoms with van der Waals surface area (Å²) in [6, 6.07) is -0.350. The molecule has 4 rings (SSSR count). The van der Waals surface area contributed by atoms with Gasteiger partial charge in [-0.05, 0) is 25.3 Å². The summed E-state index contributed by atoms with van der Waals surface area (Å²) in [4.78, 5) is 17.4. The summed E-state index contributed by atoms with van der Waals surface area (Å²) in [6.45, 7) is -0.569. The molecule has 2 aliphatic rings. The number of halogens is 6. The summed E-state index contributed by atoms with van der Waals surface area (Å²) in [5.74, 6) is -3.48. The highest BCUT2D eigenvalue weighted by Crippen LogP contribution is 2.45. The van der Waals surface area contributed by atoms with E-state index in [1.807, 2.05) is 0 Å². The Morgan fingerprint density at radius 3 is 2.56 bits per heavy atom. The molecule has 1 fully saturated rings. The molecule has 1 unspecified atom stereocenters. The van der Waals surface area contributed by atoms with E-state index < -0.39 is 77.5 Å². The molecule has 186 valence electrons. The van der Waals surface area contributed by atoms with Crippen molar-refractivity contribution in [1.82, 2.24) is 15.2 Å². The molecule has 0 spiro atoms. The van der Waals surface area contributed by atoms with Crippen LogP contribution >= 0.6 is 0 Å². The summed E-state index contributed by atoms with van der Waals surface area (Å²) >= 11 is 0. The fourth-order valence-electron chi connectivity index (χ4n) is 4.01. The Balaban J connectivity index is 1.94. The Bertz CT molecular complexity index is 1090. The predicted octanol–water partition coefficient (Wildman–Crippen LogP) is 3.18. The Hall–Kier alpha value is -2.94. The third kappa shape index (κ3) is 4.17. The average Bonchev–Trinajstić information content (AvgIpc) is 3.22. The minimum atomic E-state index is -5.17. The second kappa shape index (κ2) is 8.37. The fraction of sp³-hybridized carbons (Fsp3) is 0.579. The molecule has 2 atom stereocenters. The number of carbonyl (C=O) groups excluding carboxylic acids is 1. The summed E-state index contributed by atoms with van der Waals surface area (Å²) in [6.07, 6.45) is -10.5. The third-order valence-electron chi connectivity index (χ3n) is 5.76. The largest absolute Gasteiger partial charge is 0.426 e. The van der Waals surface area contributed by atoms with Gasteiger partial charge in [-0.3, -0.25) is 9.69 Å². The molecule has 2 aliphatic heterocycles. The highest BCUT2D eigenvalue weighted by atomic mass is 19.4. The lowest BCUT2D eigenvalue weighted by atomic mass is 9.94. The molecule has 4 heterocycles. The molecule has 15 heteroatoms. The van der Waals surface area contributed by atoms with Gasteiger partial charge in [0.25, 0.3) is 17.7 Å². The number of pyridine rings is 1. The number of nitrogens with two attached hydrogens (primary N) is 1. The van der Waals surface area contributed by atoms with Crippen molar-refractivity contribution in [2.75, 3.05) is 23.8 Å². The zero-order valence-corrected chi connectivity index (χ0v) is 17.4. The molecule has 2 aromatic rings. The van der Waals surface area contributed by atoms with Crippen molar-refractivity contribution in [2.45, 2.75) is 56.1 Å². The number of hydrogen-bond acceptors (Lipinski definition) is 8. The normalized spacial score (nSPS) is 24.5. The second-order valence-corrected chi connectivity index (χ2v) is 8.10. The van der Waals surface area contributed by atoms with Gasteiger partial charge >= 0.3 is 12.4 Å². The SMILES string of the molecule is Nc1cc(C(F)(F)F)c2nc1-c1nnc(o1)C(O)(C(F)(F)F)CCCCC[C@@H]1COCC(=O)N21. The van der Waals surface area contributed by atoms with Gasteiger partial charge in [0, 0.05) is 0 Å². The van der Waals surface area contributed by atoms with Gasteiger partial charge in [-0.2, -0.15) is 26.3 Å². The van der Waals surface area contributed by atoms with E-state index in [4.69, 9.17) is 14.9 Å². The summed E-state index contributed by atoms with van der Waals surface area (Å²) < 4.78 is 92.9. The number of amides is 1. The average molecular weight is 495 g/mol. The standard InChI is InChI=1S/C19H19F6N5O4/c20-18(21,22)10-6-11(26)13-15-28-29-16(34-15)17(32,19(23,24)25)5-3-1-2-4-9-7-33-8-12(31)30(9)14(10)27-13/h6,9,32H,1-5,7-8,26H2/t9-,17?/m1/s1. The maximum absolute atomic E-state index is 13.9. The molecule has 1 saturated heterocycles. The number of anilines is 2. The van der Waals surface area contributed by atoms with Crippen molar-refractivity contribution in [2.24, 2.45) is 0 Å². The minimum Gasteiger partial charge on any atom is -0.416 e. The third-order valence-corrected chi connectivity index (χ3v) is 5.76. The number of morpholine rings is 1. The van der Waals surface area contributed by atoms with Gasteiger partial charge in [-0.15, -0.1) is 10.2 Å². The number of aromatic nitrogens is 3.